The summed E-state index contributed by atoms with van der Waals surface area (Å²) >= 11 is -3.89. The van der Waals surface area contributed by atoms with E-state index < -0.39 is 29.8 Å². The van der Waals surface area contributed by atoms with Gasteiger partial charge in [0, 0.05) is 0 Å². The van der Waals surface area contributed by atoms with Crippen molar-refractivity contribution in [1.82, 2.24) is 0 Å². The summed E-state index contributed by atoms with van der Waals surface area (Å²) in [5.41, 5.74) is 1.54. The van der Waals surface area contributed by atoms with Crippen LogP contribution in [0.2, 0.25) is 0 Å². The molecule has 0 saturated carbocycles. The first-order valence-electron chi connectivity index (χ1n) is 4.35. The minimum absolute atomic E-state index is 0.116. The highest BCUT2D eigenvalue weighted by Gasteiger charge is 2.23. The van der Waals surface area contributed by atoms with Gasteiger partial charge in [0.15, 0.2) is 0 Å². The number of rotatable bonds is 2. The van der Waals surface area contributed by atoms with Crippen LogP contribution in [-0.2, 0) is 16.2 Å². The first-order chi connectivity index (χ1) is 7.16. The van der Waals surface area contributed by atoms with Crippen LogP contribution in [0, 0.1) is 24.3 Å². The molecule has 16 heavy (non-hydrogen) atoms. The molecule has 1 rings (SSSR count). The third kappa shape index (κ3) is 2.41. The van der Waals surface area contributed by atoms with Crippen molar-refractivity contribution in [3.8, 4) is 0 Å². The van der Waals surface area contributed by atoms with Crippen molar-refractivity contribution in [3.05, 3.63) is 26.3 Å². The van der Waals surface area contributed by atoms with Crippen molar-refractivity contribution in [2.24, 2.45) is 5.14 Å². The molecule has 0 amide bonds. The van der Waals surface area contributed by atoms with Crippen LogP contribution in [0.5, 0.6) is 0 Å². The van der Waals surface area contributed by atoms with Crippen molar-refractivity contribution in [2.45, 2.75) is 25.7 Å². The summed E-state index contributed by atoms with van der Waals surface area (Å²) in [4.78, 5) is -0.250. The van der Waals surface area contributed by atoms with E-state index in [1.807, 2.05) is 0 Å². The first-order valence-corrected chi connectivity index (χ1v) is 8.73. The molecule has 7 heteroatoms. The molecule has 5 nitrogen and oxygen atoms in total. The third-order valence-corrected chi connectivity index (χ3v) is 6.07. The van der Waals surface area contributed by atoms with E-state index in [1.54, 1.807) is 26.8 Å². The van der Waals surface area contributed by atoms with E-state index in [4.69, 9.17) is 5.14 Å². The summed E-state index contributed by atoms with van der Waals surface area (Å²) in [6.45, 7) is 4.84. The molecule has 0 aliphatic rings. The van der Waals surface area contributed by atoms with E-state index >= 15 is 0 Å². The van der Waals surface area contributed by atoms with Crippen LogP contribution in [0.15, 0.2) is 11.0 Å². The van der Waals surface area contributed by atoms with Gasteiger partial charge in [0.2, 0.25) is 10.0 Å². The normalized spacial score (nSPS) is 12.1. The number of hydrogen-bond donors (Lipinski definition) is 1. The number of halogens is 1. The number of aryl methyl sites for hydroxylation is 2. The Kier molecular flexibility index (Phi) is 3.70. The molecule has 1 aromatic carbocycles. The lowest BCUT2D eigenvalue weighted by atomic mass is 10.1. The zero-order valence-corrected chi connectivity index (χ0v) is 12.0. The number of benzene rings is 1. The fourth-order valence-electron chi connectivity index (χ4n) is 1.55. The molecule has 1 aromatic rings. The van der Waals surface area contributed by atoms with Crippen LogP contribution in [0.1, 0.15) is 16.7 Å². The maximum Gasteiger partial charge on any atom is 0.342 e. The second kappa shape index (κ2) is 4.38. The molecule has 0 heterocycles. The van der Waals surface area contributed by atoms with Crippen LogP contribution in [0.25, 0.3) is 0 Å². The van der Waals surface area contributed by atoms with E-state index in [9.17, 15) is 14.6 Å². The molecule has 90 valence electrons. The van der Waals surface area contributed by atoms with Crippen LogP contribution >= 0.6 is 19.8 Å². The van der Waals surface area contributed by atoms with E-state index in [1.165, 1.54) is 0 Å². The SMILES string of the molecule is Cc1cc(C)c(I(=O)=O)c(S(N)(=O)=O)c1C. The Bertz CT molecular complexity index is 609. The number of hydrogen-bond acceptors (Lipinski definition) is 4. The minimum Gasteiger partial charge on any atom is -0.230 e. The van der Waals surface area contributed by atoms with Gasteiger partial charge in [0.05, 0.1) is 3.57 Å². The Hall–Kier alpha value is -0.540. The fraction of sp³-hybridized carbons (Fsp3) is 0.333. The van der Waals surface area contributed by atoms with Gasteiger partial charge in [-0.1, -0.05) is 6.07 Å². The maximum absolute atomic E-state index is 11.4. The van der Waals surface area contributed by atoms with Gasteiger partial charge in [-0.15, -0.1) is 0 Å². The summed E-state index contributed by atoms with van der Waals surface area (Å²) in [5.74, 6) is 0. The fourth-order valence-corrected chi connectivity index (χ4v) is 5.55. The molecular formula is C9H12INO4S. The van der Waals surface area contributed by atoms with Crippen LogP contribution in [0.3, 0.4) is 0 Å². The lowest BCUT2D eigenvalue weighted by molar-refractivity contribution is 0.594. The monoisotopic (exact) mass is 357 g/mol. The highest BCUT2D eigenvalue weighted by Crippen LogP contribution is 2.32. The number of primary sulfonamides is 1. The van der Waals surface area contributed by atoms with Gasteiger partial charge in [-0.25, -0.2) is 19.7 Å². The molecule has 0 aromatic heterocycles. The molecule has 0 fully saturated rings. The van der Waals surface area contributed by atoms with E-state index in [-0.39, 0.29) is 8.47 Å². The summed E-state index contributed by atoms with van der Waals surface area (Å²) in [6.07, 6.45) is 0. The summed E-state index contributed by atoms with van der Waals surface area (Å²) in [5, 5.41) is 5.05. The molecule has 0 spiro atoms. The second-order valence-corrected chi connectivity index (χ2v) is 7.36. The van der Waals surface area contributed by atoms with Gasteiger partial charge >= 0.3 is 19.8 Å². The molecule has 0 atom stereocenters. The minimum atomic E-state index is -4.01. The molecule has 0 saturated heterocycles. The van der Waals surface area contributed by atoms with Crippen molar-refractivity contribution in [3.63, 3.8) is 0 Å². The van der Waals surface area contributed by atoms with Crippen molar-refractivity contribution >= 4 is 29.8 Å². The summed E-state index contributed by atoms with van der Waals surface area (Å²) in [6, 6.07) is 1.65. The predicted octanol–water partition coefficient (Wildman–Crippen LogP) is 1.63. The smallest absolute Gasteiger partial charge is 0.230 e. The average molecular weight is 357 g/mol. The molecule has 0 aliphatic heterocycles. The molecule has 0 radical (unpaired) electrons. The van der Waals surface area contributed by atoms with E-state index in [0.29, 0.717) is 16.7 Å². The highest BCUT2D eigenvalue weighted by molar-refractivity contribution is 14.2. The molecular weight excluding hydrogens is 345 g/mol. The van der Waals surface area contributed by atoms with Crippen molar-refractivity contribution < 1.29 is 14.6 Å². The van der Waals surface area contributed by atoms with Crippen molar-refractivity contribution in [1.29, 1.82) is 0 Å². The zero-order valence-electron chi connectivity index (χ0n) is 9.07. The Morgan fingerprint density at radius 2 is 1.62 bits per heavy atom. The predicted molar refractivity (Wildman–Crippen MR) is 66.1 cm³/mol. The zero-order chi connectivity index (χ0) is 12.7. The average Bonchev–Trinajstić information content (AvgIpc) is 2.07. The molecule has 0 bridgehead atoms. The Morgan fingerprint density at radius 3 is 2.00 bits per heavy atom. The van der Waals surface area contributed by atoms with Gasteiger partial charge in [-0.3, -0.25) is 0 Å². The number of sulfonamides is 1. The first kappa shape index (κ1) is 13.5. The molecule has 2 N–H and O–H groups in total. The van der Waals surface area contributed by atoms with Gasteiger partial charge in [-0.05, 0) is 37.5 Å². The topological polar surface area (TPSA) is 94.3 Å². The Morgan fingerprint density at radius 1 is 1.12 bits per heavy atom. The summed E-state index contributed by atoms with van der Waals surface area (Å²) < 4.78 is 45.0. The standard InChI is InChI=1S/C9H12INO4S/c1-5-4-6(2)8(10(12)13)9(7(5)3)16(11,14)15/h4H,1-3H3,(H2,11,14,15). The number of nitrogens with two attached hydrogens (primary N) is 1. The molecule has 0 aliphatic carbocycles. The molecule has 0 unspecified atom stereocenters. The van der Waals surface area contributed by atoms with Gasteiger partial charge in [-0.2, -0.15) is 0 Å². The largest absolute Gasteiger partial charge is 0.342 e. The highest BCUT2D eigenvalue weighted by atomic mass is 127. The Labute approximate surface area is 101 Å². The quantitative estimate of drug-likeness (QED) is 0.814. The van der Waals surface area contributed by atoms with E-state index in [0.717, 1.165) is 0 Å². The van der Waals surface area contributed by atoms with Gasteiger partial charge < -0.3 is 0 Å². The van der Waals surface area contributed by atoms with Gasteiger partial charge in [0.1, 0.15) is 4.90 Å². The van der Waals surface area contributed by atoms with Gasteiger partial charge in [0.25, 0.3) is 0 Å². The summed E-state index contributed by atoms with van der Waals surface area (Å²) in [7, 11) is -4.01. The van der Waals surface area contributed by atoms with Crippen molar-refractivity contribution in [2.75, 3.05) is 0 Å². The Balaban J connectivity index is 3.95. The lowest BCUT2D eigenvalue weighted by Gasteiger charge is -2.11. The van der Waals surface area contributed by atoms with Crippen LogP contribution in [0.4, 0.5) is 0 Å². The van der Waals surface area contributed by atoms with Crippen LogP contribution < -0.4 is 5.14 Å². The van der Waals surface area contributed by atoms with Crippen LogP contribution in [-0.4, -0.2) is 8.42 Å². The second-order valence-electron chi connectivity index (χ2n) is 3.54. The lowest BCUT2D eigenvalue weighted by Crippen LogP contribution is -2.17. The maximum atomic E-state index is 11.4. The van der Waals surface area contributed by atoms with E-state index in [2.05, 4.69) is 0 Å². The third-order valence-electron chi connectivity index (χ3n) is 2.35.